The van der Waals surface area contributed by atoms with Crippen LogP contribution in [-0.4, -0.2) is 30.3 Å². The molecule has 1 aromatic rings. The summed E-state index contributed by atoms with van der Waals surface area (Å²) in [5.74, 6) is 0.539. The lowest BCUT2D eigenvalue weighted by Crippen LogP contribution is -2.49. The highest BCUT2D eigenvalue weighted by molar-refractivity contribution is 7.91. The Bertz CT molecular complexity index is 636. The minimum atomic E-state index is -3.41. The molecule has 1 saturated heterocycles. The van der Waals surface area contributed by atoms with Gasteiger partial charge in [0.1, 0.15) is 9.20 Å². The van der Waals surface area contributed by atoms with E-state index in [2.05, 4.69) is 0 Å². The zero-order chi connectivity index (χ0) is 15.0. The van der Waals surface area contributed by atoms with E-state index >= 15 is 0 Å². The standard InChI is InChI=1S/C14H20N2O2S3/c15-14(19)12-7-8-13(20-12)21(17,18)16-9-3-5-10-4-1-2-6-11(10)16/h7-8,10-11H,1-6,9H2,(H2,15,19). The van der Waals surface area contributed by atoms with Gasteiger partial charge in [0.15, 0.2) is 0 Å². The van der Waals surface area contributed by atoms with Crippen LogP contribution in [0.25, 0.3) is 0 Å². The zero-order valence-electron chi connectivity index (χ0n) is 11.8. The highest BCUT2D eigenvalue weighted by Crippen LogP contribution is 2.39. The molecule has 2 atom stereocenters. The molecule has 4 nitrogen and oxygen atoms in total. The summed E-state index contributed by atoms with van der Waals surface area (Å²) in [4.78, 5) is 0.927. The maximum absolute atomic E-state index is 12.9. The van der Waals surface area contributed by atoms with Crippen LogP contribution in [-0.2, 0) is 10.0 Å². The van der Waals surface area contributed by atoms with Crippen LogP contribution < -0.4 is 5.73 Å². The third kappa shape index (κ3) is 2.88. The van der Waals surface area contributed by atoms with Gasteiger partial charge >= 0.3 is 0 Å². The molecule has 1 saturated carbocycles. The van der Waals surface area contributed by atoms with Gasteiger partial charge in [0.05, 0.1) is 4.88 Å². The molecular weight excluding hydrogens is 324 g/mol. The molecule has 0 spiro atoms. The Kier molecular flexibility index (Phi) is 4.36. The summed E-state index contributed by atoms with van der Waals surface area (Å²) in [5, 5.41) is 0. The van der Waals surface area contributed by atoms with Crippen LogP contribution in [0.4, 0.5) is 0 Å². The smallest absolute Gasteiger partial charge is 0.252 e. The molecule has 21 heavy (non-hydrogen) atoms. The number of hydrogen-bond acceptors (Lipinski definition) is 4. The lowest BCUT2D eigenvalue weighted by Gasteiger charge is -2.42. The SMILES string of the molecule is NC(=S)c1ccc(S(=O)(=O)N2CCCC3CCCCC32)s1. The normalized spacial score (nSPS) is 27.2. The summed E-state index contributed by atoms with van der Waals surface area (Å²) in [6.07, 6.45) is 6.67. The van der Waals surface area contributed by atoms with Crippen LogP contribution in [0.1, 0.15) is 43.4 Å². The molecule has 2 aliphatic rings. The number of thiophene rings is 1. The van der Waals surface area contributed by atoms with Gasteiger partial charge in [-0.1, -0.05) is 25.1 Å². The third-order valence-corrected chi connectivity index (χ3v) is 8.44. The zero-order valence-corrected chi connectivity index (χ0v) is 14.3. The van der Waals surface area contributed by atoms with Crippen molar-refractivity contribution in [1.82, 2.24) is 4.31 Å². The van der Waals surface area contributed by atoms with Crippen molar-refractivity contribution >= 4 is 38.6 Å². The predicted molar refractivity (Wildman–Crippen MR) is 89.1 cm³/mol. The first kappa shape index (κ1) is 15.4. The van der Waals surface area contributed by atoms with Crippen molar-refractivity contribution in [2.75, 3.05) is 6.54 Å². The van der Waals surface area contributed by atoms with E-state index in [9.17, 15) is 8.42 Å². The van der Waals surface area contributed by atoms with E-state index in [1.54, 1.807) is 16.4 Å². The number of nitrogens with zero attached hydrogens (tertiary/aromatic N) is 1. The predicted octanol–water partition coefficient (Wildman–Crippen LogP) is 2.73. The second-order valence-electron chi connectivity index (χ2n) is 5.85. The maximum atomic E-state index is 12.9. The van der Waals surface area contributed by atoms with Crippen molar-refractivity contribution in [1.29, 1.82) is 0 Å². The Morgan fingerprint density at radius 2 is 1.95 bits per heavy atom. The summed E-state index contributed by atoms with van der Waals surface area (Å²) in [6.45, 7) is 0.643. The number of piperidine rings is 1. The van der Waals surface area contributed by atoms with Crippen LogP contribution in [0.15, 0.2) is 16.3 Å². The van der Waals surface area contributed by atoms with Crippen LogP contribution in [0, 0.1) is 5.92 Å². The first-order chi connectivity index (χ1) is 10.00. The number of hydrogen-bond donors (Lipinski definition) is 1. The Morgan fingerprint density at radius 3 is 2.67 bits per heavy atom. The van der Waals surface area contributed by atoms with Gasteiger partial charge in [-0.2, -0.15) is 4.31 Å². The number of thiocarbonyl (C=S) groups is 1. The van der Waals surface area contributed by atoms with Crippen molar-refractivity contribution in [2.24, 2.45) is 11.7 Å². The summed E-state index contributed by atoms with van der Waals surface area (Å²) in [5.41, 5.74) is 5.59. The fourth-order valence-electron chi connectivity index (χ4n) is 3.58. The Hall–Kier alpha value is -0.500. The Labute approximate surface area is 135 Å². The van der Waals surface area contributed by atoms with E-state index in [4.69, 9.17) is 18.0 Å². The van der Waals surface area contributed by atoms with Crippen molar-refractivity contribution in [2.45, 2.75) is 48.8 Å². The van der Waals surface area contributed by atoms with Gasteiger partial charge in [-0.15, -0.1) is 11.3 Å². The molecule has 2 N–H and O–H groups in total. The molecule has 0 bridgehead atoms. The molecular formula is C14H20N2O2S3. The molecule has 3 rings (SSSR count). The summed E-state index contributed by atoms with van der Waals surface area (Å²) < 4.78 is 28.0. The molecule has 0 aromatic carbocycles. The summed E-state index contributed by atoms with van der Waals surface area (Å²) in [6, 6.07) is 3.54. The average Bonchev–Trinajstić information content (AvgIpc) is 2.97. The Balaban J connectivity index is 1.90. The molecule has 2 heterocycles. The van der Waals surface area contributed by atoms with Gasteiger partial charge in [-0.05, 0) is 43.7 Å². The van der Waals surface area contributed by atoms with Gasteiger partial charge in [0, 0.05) is 12.6 Å². The van der Waals surface area contributed by atoms with Crippen LogP contribution in [0.3, 0.4) is 0 Å². The summed E-state index contributed by atoms with van der Waals surface area (Å²) >= 11 is 6.11. The Morgan fingerprint density at radius 1 is 1.24 bits per heavy atom. The molecule has 0 radical (unpaired) electrons. The van der Waals surface area contributed by atoms with E-state index < -0.39 is 10.0 Å². The second kappa shape index (κ2) is 5.95. The topological polar surface area (TPSA) is 63.4 Å². The van der Waals surface area contributed by atoms with Crippen molar-refractivity contribution in [3.05, 3.63) is 17.0 Å². The van der Waals surface area contributed by atoms with Crippen molar-refractivity contribution < 1.29 is 8.42 Å². The number of nitrogens with two attached hydrogens (primary N) is 1. The molecule has 1 aliphatic heterocycles. The van der Waals surface area contributed by atoms with Gasteiger partial charge < -0.3 is 5.73 Å². The van der Waals surface area contributed by atoms with E-state index in [0.29, 0.717) is 21.5 Å². The maximum Gasteiger partial charge on any atom is 0.252 e. The fourth-order valence-corrected chi connectivity index (χ4v) is 6.82. The summed E-state index contributed by atoms with van der Waals surface area (Å²) in [7, 11) is -3.41. The first-order valence-corrected chi connectivity index (χ1v) is 10.1. The van der Waals surface area contributed by atoms with Gasteiger partial charge in [0.2, 0.25) is 0 Å². The quantitative estimate of drug-likeness (QED) is 0.857. The first-order valence-electron chi connectivity index (χ1n) is 7.41. The van der Waals surface area contributed by atoms with E-state index in [1.807, 2.05) is 0 Å². The molecule has 2 unspecified atom stereocenters. The molecule has 1 aliphatic carbocycles. The largest absolute Gasteiger partial charge is 0.389 e. The highest BCUT2D eigenvalue weighted by atomic mass is 32.2. The molecule has 1 aromatic heterocycles. The lowest BCUT2D eigenvalue weighted by molar-refractivity contribution is 0.129. The number of sulfonamides is 1. The number of fused-ring (bicyclic) bond motifs is 1. The van der Waals surface area contributed by atoms with Crippen LogP contribution in [0.5, 0.6) is 0 Å². The highest BCUT2D eigenvalue weighted by Gasteiger charge is 2.40. The van der Waals surface area contributed by atoms with Gasteiger partial charge in [-0.25, -0.2) is 8.42 Å². The molecule has 0 amide bonds. The van der Waals surface area contributed by atoms with Gasteiger partial charge in [0.25, 0.3) is 10.0 Å². The minimum Gasteiger partial charge on any atom is -0.389 e. The van der Waals surface area contributed by atoms with Crippen molar-refractivity contribution in [3.63, 3.8) is 0 Å². The number of rotatable bonds is 3. The van der Waals surface area contributed by atoms with Crippen LogP contribution in [0.2, 0.25) is 0 Å². The average molecular weight is 345 g/mol. The van der Waals surface area contributed by atoms with Gasteiger partial charge in [-0.3, -0.25) is 0 Å². The monoisotopic (exact) mass is 344 g/mol. The fraction of sp³-hybridized carbons (Fsp3) is 0.643. The molecule has 116 valence electrons. The minimum absolute atomic E-state index is 0.188. The van der Waals surface area contributed by atoms with E-state index in [0.717, 1.165) is 19.3 Å². The molecule has 2 fully saturated rings. The lowest BCUT2D eigenvalue weighted by atomic mass is 9.79. The second-order valence-corrected chi connectivity index (χ2v) is 9.49. The van der Waals surface area contributed by atoms with E-state index in [-0.39, 0.29) is 11.0 Å². The van der Waals surface area contributed by atoms with Crippen molar-refractivity contribution in [3.8, 4) is 0 Å². The van der Waals surface area contributed by atoms with Crippen LogP contribution >= 0.6 is 23.6 Å². The van der Waals surface area contributed by atoms with E-state index in [1.165, 1.54) is 30.6 Å². The molecule has 7 heteroatoms. The third-order valence-electron chi connectivity index (χ3n) is 4.58.